The van der Waals surface area contributed by atoms with Gasteiger partial charge < -0.3 is 42.1 Å². The second-order valence-corrected chi connectivity index (χ2v) is 14.5. The summed E-state index contributed by atoms with van der Waals surface area (Å²) in [5, 5.41) is 25.0. The second kappa shape index (κ2) is 14.3. The van der Waals surface area contributed by atoms with Gasteiger partial charge in [0.05, 0.1) is 12.1 Å². The highest BCUT2D eigenvalue weighted by Gasteiger charge is 2.58. The number of β-lactam (4-membered cyclic amide) rings is 1. The van der Waals surface area contributed by atoms with Crippen molar-refractivity contribution in [2.75, 3.05) is 31.9 Å². The van der Waals surface area contributed by atoms with Crippen molar-refractivity contribution in [2.45, 2.75) is 69.2 Å². The maximum absolute atomic E-state index is 13.5. The van der Waals surface area contributed by atoms with E-state index in [9.17, 15) is 27.9 Å². The van der Waals surface area contributed by atoms with Crippen LogP contribution in [0.2, 0.25) is 0 Å². The number of nitrogens with two attached hydrogens (primary N) is 2. The minimum absolute atomic E-state index is 0.0660. The van der Waals surface area contributed by atoms with E-state index in [1.165, 1.54) is 26.2 Å². The van der Waals surface area contributed by atoms with Gasteiger partial charge in [0.2, 0.25) is 0 Å². The molecular formula is C29H39N9O10S2. The quantitative estimate of drug-likeness (QED) is 0.0449. The third kappa shape index (κ3) is 7.75. The highest BCUT2D eigenvalue weighted by atomic mass is 32.3. The minimum Gasteiger partial charge on any atom is -0.485 e. The molecule has 3 aliphatic rings. The number of carbonyl (C=O) groups excluding carboxylic acids is 2. The molecule has 0 spiro atoms. The molecule has 2 aromatic rings. The van der Waals surface area contributed by atoms with Crippen molar-refractivity contribution >= 4 is 56.3 Å². The fourth-order valence-electron chi connectivity index (χ4n) is 5.64. The zero-order chi connectivity index (χ0) is 36.4. The largest absolute Gasteiger partial charge is 0.485 e. The first-order valence-corrected chi connectivity index (χ1v) is 17.8. The Hall–Kier alpha value is -4.57. The Morgan fingerprint density at radius 1 is 1.34 bits per heavy atom. The number of carboxylic acids is 1. The van der Waals surface area contributed by atoms with E-state index in [1.54, 1.807) is 6.07 Å². The Bertz CT molecular complexity index is 1820. The highest BCUT2D eigenvalue weighted by molar-refractivity contribution is 7.80. The van der Waals surface area contributed by atoms with E-state index in [2.05, 4.69) is 35.4 Å². The van der Waals surface area contributed by atoms with E-state index in [0.717, 1.165) is 41.4 Å². The van der Waals surface area contributed by atoms with Gasteiger partial charge in [-0.2, -0.15) is 13.5 Å². The number of benzene rings is 1. The molecular weight excluding hydrogens is 699 g/mol. The van der Waals surface area contributed by atoms with Crippen molar-refractivity contribution < 1.29 is 46.3 Å². The number of nitrogens with zero attached hydrogens (tertiary/aromatic N) is 4. The van der Waals surface area contributed by atoms with Crippen LogP contribution < -0.4 is 32.2 Å². The lowest BCUT2D eigenvalue weighted by Gasteiger charge is -2.50. The molecule has 4 heterocycles. The van der Waals surface area contributed by atoms with Crippen LogP contribution >= 0.6 is 11.3 Å². The molecule has 4 atom stereocenters. The van der Waals surface area contributed by atoms with E-state index >= 15 is 0 Å². The number of hydroxylamine groups is 2. The normalized spacial score (nSPS) is 22.9. The Kier molecular flexibility index (Phi) is 10.5. The van der Waals surface area contributed by atoms with Gasteiger partial charge in [-0.15, -0.1) is 15.6 Å². The van der Waals surface area contributed by atoms with Crippen LogP contribution in [0.5, 0.6) is 5.75 Å². The number of nitrogen functional groups attached to an aromatic ring is 1. The highest BCUT2D eigenvalue weighted by Crippen LogP contribution is 2.36. The molecule has 1 aromatic heterocycles. The van der Waals surface area contributed by atoms with Gasteiger partial charge in [-0.1, -0.05) is 17.3 Å². The number of thiazole rings is 1. The van der Waals surface area contributed by atoms with E-state index < -0.39 is 57.2 Å². The first-order valence-electron chi connectivity index (χ1n) is 15.6. The molecule has 1 saturated heterocycles. The number of aromatic nitrogens is 1. The van der Waals surface area contributed by atoms with Crippen LogP contribution in [0.1, 0.15) is 56.4 Å². The van der Waals surface area contributed by atoms with Crippen LogP contribution in [0.4, 0.5) is 5.13 Å². The SMILES string of the molecule is CC(O/N=C(\C(=O)NC1C(=O)N(OS(=O)(=O)O)C1(C)C)c1csc(N)n1)(C(=O)O)[C@H]1CCc2cc(C3CN=C(NCCCN)NC3)ccc2O1. The molecule has 50 heavy (non-hydrogen) atoms. The van der Waals surface area contributed by atoms with Crippen LogP contribution in [0.15, 0.2) is 33.7 Å². The molecule has 0 aliphatic carbocycles. The van der Waals surface area contributed by atoms with Gasteiger partial charge >= 0.3 is 16.4 Å². The average molecular weight is 738 g/mol. The van der Waals surface area contributed by atoms with Gasteiger partial charge in [0.25, 0.3) is 17.4 Å². The van der Waals surface area contributed by atoms with E-state index in [0.29, 0.717) is 36.9 Å². The smallest absolute Gasteiger partial charge is 0.418 e. The van der Waals surface area contributed by atoms with Crippen molar-refractivity contribution in [1.29, 1.82) is 0 Å². The third-order valence-corrected chi connectivity index (χ3v) is 9.64. The molecule has 5 rings (SSSR count). The lowest BCUT2D eigenvalue weighted by atomic mass is 9.84. The van der Waals surface area contributed by atoms with E-state index in [-0.39, 0.29) is 23.2 Å². The number of carbonyl (C=O) groups is 3. The Morgan fingerprint density at radius 3 is 2.70 bits per heavy atom. The number of fused-ring (bicyclic) bond motifs is 1. The lowest BCUT2D eigenvalue weighted by molar-refractivity contribution is -0.218. The summed E-state index contributed by atoms with van der Waals surface area (Å²) in [6.45, 7) is 6.62. The molecule has 2 amide bonds. The molecule has 272 valence electrons. The van der Waals surface area contributed by atoms with Crippen molar-refractivity contribution in [3.05, 3.63) is 40.4 Å². The Balaban J connectivity index is 1.31. The molecule has 0 bridgehead atoms. The van der Waals surface area contributed by atoms with Crippen LogP contribution in [-0.4, -0.2) is 107 Å². The van der Waals surface area contributed by atoms with Gasteiger partial charge in [-0.3, -0.25) is 19.1 Å². The summed E-state index contributed by atoms with van der Waals surface area (Å²) in [7, 11) is -5.03. The molecule has 1 aromatic carbocycles. The summed E-state index contributed by atoms with van der Waals surface area (Å²) in [5.41, 5.74) is 9.16. The van der Waals surface area contributed by atoms with Crippen molar-refractivity contribution in [3.8, 4) is 5.75 Å². The molecule has 3 aliphatic heterocycles. The number of carboxylic acid groups (broad SMARTS) is 1. The number of hydrogen-bond acceptors (Lipinski definition) is 16. The molecule has 3 unspecified atom stereocenters. The summed E-state index contributed by atoms with van der Waals surface area (Å²) >= 11 is 0.972. The van der Waals surface area contributed by atoms with E-state index in [4.69, 9.17) is 25.6 Å². The number of nitrogens with one attached hydrogen (secondary N) is 3. The van der Waals surface area contributed by atoms with Crippen LogP contribution in [0.25, 0.3) is 0 Å². The minimum atomic E-state index is -5.03. The number of anilines is 1. The van der Waals surface area contributed by atoms with Crippen LogP contribution in [0.3, 0.4) is 0 Å². The lowest BCUT2D eigenvalue weighted by Crippen LogP contribution is -2.76. The third-order valence-electron chi connectivity index (χ3n) is 8.63. The standard InChI is InChI=1S/C29H39N9O10S2/c1-28(2)22(24(40)38(28)48-50(43,44)45)36-23(39)21(18-14-49-26(31)35-18)37-47-29(3,25(41)42)20-8-6-16-11-15(5-7-19(16)46-20)17-12-33-27(34-13-17)32-10-4-9-30/h5,7,11,14,17,20,22H,4,6,8-10,12-13,30H2,1-3H3,(H2,31,35)(H,36,39)(H,41,42)(H2,32,33,34)(H,43,44,45)/b37-21-/t20-,22?,29?/m1/s1. The molecule has 1 fully saturated rings. The number of aryl methyl sites for hydroxylation is 1. The van der Waals surface area contributed by atoms with Gasteiger partial charge in [0.1, 0.15) is 17.5 Å². The number of aliphatic imine (C=N–C) groups is 1. The van der Waals surface area contributed by atoms with Gasteiger partial charge in [0, 0.05) is 24.4 Å². The molecule has 21 heteroatoms. The number of aliphatic carboxylic acids is 1. The molecule has 0 saturated carbocycles. The maximum atomic E-state index is 13.5. The Labute approximate surface area is 291 Å². The summed E-state index contributed by atoms with van der Waals surface area (Å²) in [4.78, 5) is 53.0. The number of guanidine groups is 1. The number of oxime groups is 1. The first-order chi connectivity index (χ1) is 23.5. The zero-order valence-electron chi connectivity index (χ0n) is 27.4. The van der Waals surface area contributed by atoms with Crippen LogP contribution in [0, 0.1) is 0 Å². The van der Waals surface area contributed by atoms with Crippen molar-refractivity contribution in [2.24, 2.45) is 15.9 Å². The van der Waals surface area contributed by atoms with E-state index in [1.807, 2.05) is 12.1 Å². The molecule has 9 N–H and O–H groups in total. The van der Waals surface area contributed by atoms with Crippen molar-refractivity contribution in [3.63, 3.8) is 0 Å². The predicted octanol–water partition coefficient (Wildman–Crippen LogP) is -0.496. The van der Waals surface area contributed by atoms with Crippen molar-refractivity contribution in [1.82, 2.24) is 26.0 Å². The number of hydrogen-bond donors (Lipinski definition) is 7. The van der Waals surface area contributed by atoms with Gasteiger partial charge in [0.15, 0.2) is 22.9 Å². The maximum Gasteiger partial charge on any atom is 0.418 e. The number of amides is 2. The number of rotatable bonds is 13. The zero-order valence-corrected chi connectivity index (χ0v) is 29.0. The molecule has 19 nitrogen and oxygen atoms in total. The summed E-state index contributed by atoms with van der Waals surface area (Å²) in [5.74, 6) is -2.06. The van der Waals surface area contributed by atoms with Gasteiger partial charge in [-0.05, 0) is 63.8 Å². The predicted molar refractivity (Wildman–Crippen MR) is 180 cm³/mol. The number of ether oxygens (including phenoxy) is 1. The monoisotopic (exact) mass is 737 g/mol. The fraction of sp³-hybridized carbons (Fsp3) is 0.517. The second-order valence-electron chi connectivity index (χ2n) is 12.6. The Morgan fingerprint density at radius 2 is 2.10 bits per heavy atom. The van der Waals surface area contributed by atoms with Crippen LogP contribution in [-0.2, 0) is 40.3 Å². The summed E-state index contributed by atoms with van der Waals surface area (Å²) < 4.78 is 41.8. The fourth-order valence-corrected chi connectivity index (χ4v) is 6.64. The van der Waals surface area contributed by atoms with Gasteiger partial charge in [-0.25, -0.2) is 9.78 Å². The first kappa shape index (κ1) is 36.7. The topological polar surface area (TPSA) is 282 Å². The average Bonchev–Trinajstić information content (AvgIpc) is 3.50. The summed E-state index contributed by atoms with van der Waals surface area (Å²) in [6, 6.07) is 4.39. The summed E-state index contributed by atoms with van der Waals surface area (Å²) in [6.07, 6.45) is 0.514. The molecule has 0 radical (unpaired) electrons.